The van der Waals surface area contributed by atoms with Crippen molar-refractivity contribution in [2.75, 3.05) is 12.4 Å². The first-order chi connectivity index (χ1) is 11.5. The molecule has 1 heterocycles. The maximum atomic E-state index is 12.5. The molecular weight excluding hydrogens is 328 g/mol. The van der Waals surface area contributed by atoms with Gasteiger partial charge < -0.3 is 15.0 Å². The fraction of sp³-hybridized carbons (Fsp3) is 0.111. The third-order valence-corrected chi connectivity index (χ3v) is 4.02. The number of aromatic nitrogens is 1. The number of aryl methyl sites for hydroxylation is 1. The minimum absolute atomic E-state index is 0.290. The minimum Gasteiger partial charge on any atom is -0.465 e. The summed E-state index contributed by atoms with van der Waals surface area (Å²) in [5.41, 5.74) is 2.99. The number of amides is 1. The molecule has 1 amide bonds. The maximum absolute atomic E-state index is 12.5. The highest BCUT2D eigenvalue weighted by atomic mass is 35.5. The van der Waals surface area contributed by atoms with Crippen LogP contribution in [0.3, 0.4) is 0 Å². The van der Waals surface area contributed by atoms with Crippen LogP contribution in [0.2, 0.25) is 5.02 Å². The second-order valence-corrected chi connectivity index (χ2v) is 5.78. The largest absolute Gasteiger partial charge is 0.465 e. The van der Waals surface area contributed by atoms with E-state index in [2.05, 4.69) is 15.0 Å². The van der Waals surface area contributed by atoms with Gasteiger partial charge in [0.15, 0.2) is 0 Å². The summed E-state index contributed by atoms with van der Waals surface area (Å²) < 4.78 is 4.68. The first kappa shape index (κ1) is 16.1. The van der Waals surface area contributed by atoms with Crippen molar-refractivity contribution in [2.45, 2.75) is 6.92 Å². The lowest BCUT2D eigenvalue weighted by Crippen LogP contribution is -2.14. The molecule has 6 heteroatoms. The topological polar surface area (TPSA) is 71.2 Å². The van der Waals surface area contributed by atoms with Gasteiger partial charge in [-0.3, -0.25) is 4.79 Å². The molecule has 24 heavy (non-hydrogen) atoms. The van der Waals surface area contributed by atoms with Crippen molar-refractivity contribution < 1.29 is 14.3 Å². The number of benzene rings is 2. The summed E-state index contributed by atoms with van der Waals surface area (Å²) in [5.74, 6) is -0.746. The third kappa shape index (κ3) is 2.98. The van der Waals surface area contributed by atoms with Crippen LogP contribution in [0.15, 0.2) is 42.5 Å². The van der Waals surface area contributed by atoms with Crippen LogP contribution in [-0.2, 0) is 4.74 Å². The van der Waals surface area contributed by atoms with E-state index in [1.807, 2.05) is 19.1 Å². The summed E-state index contributed by atoms with van der Waals surface area (Å²) in [4.78, 5) is 27.2. The van der Waals surface area contributed by atoms with E-state index in [9.17, 15) is 9.59 Å². The van der Waals surface area contributed by atoms with Gasteiger partial charge in [-0.15, -0.1) is 0 Å². The molecule has 0 fully saturated rings. The maximum Gasteiger partial charge on any atom is 0.337 e. The Labute approximate surface area is 143 Å². The highest BCUT2D eigenvalue weighted by Gasteiger charge is 2.16. The van der Waals surface area contributed by atoms with Gasteiger partial charge in [0.2, 0.25) is 0 Å². The molecular formula is C18H15ClN2O3. The number of hydrogen-bond acceptors (Lipinski definition) is 3. The lowest BCUT2D eigenvalue weighted by atomic mass is 10.1. The van der Waals surface area contributed by atoms with Crippen molar-refractivity contribution in [2.24, 2.45) is 0 Å². The summed E-state index contributed by atoms with van der Waals surface area (Å²) >= 11 is 6.01. The van der Waals surface area contributed by atoms with Gasteiger partial charge in [-0.1, -0.05) is 17.7 Å². The minimum atomic E-state index is -0.456. The van der Waals surface area contributed by atoms with Gasteiger partial charge in [0.05, 0.1) is 12.7 Å². The predicted octanol–water partition coefficient (Wildman–Crippen LogP) is 4.17. The van der Waals surface area contributed by atoms with Gasteiger partial charge in [0, 0.05) is 21.6 Å². The van der Waals surface area contributed by atoms with Gasteiger partial charge in [0.25, 0.3) is 5.91 Å². The molecule has 0 atom stereocenters. The Morgan fingerprint density at radius 2 is 1.96 bits per heavy atom. The van der Waals surface area contributed by atoms with Gasteiger partial charge in [-0.05, 0) is 48.9 Å². The molecule has 1 aromatic heterocycles. The van der Waals surface area contributed by atoms with Crippen LogP contribution in [0.25, 0.3) is 10.9 Å². The molecule has 2 N–H and O–H groups in total. The molecule has 2 aromatic carbocycles. The summed E-state index contributed by atoms with van der Waals surface area (Å²) in [6.45, 7) is 1.86. The number of nitrogens with one attached hydrogen (secondary N) is 2. The van der Waals surface area contributed by atoms with Crippen LogP contribution >= 0.6 is 11.6 Å². The number of rotatable bonds is 3. The first-order valence-electron chi connectivity index (χ1n) is 7.27. The van der Waals surface area contributed by atoms with Crippen molar-refractivity contribution in [3.63, 3.8) is 0 Å². The highest BCUT2D eigenvalue weighted by molar-refractivity contribution is 6.31. The highest BCUT2D eigenvalue weighted by Crippen LogP contribution is 2.25. The number of ether oxygens (including phenoxy) is 1. The molecule has 0 saturated heterocycles. The van der Waals surface area contributed by atoms with E-state index in [0.717, 1.165) is 16.5 Å². The third-order valence-electron chi connectivity index (χ3n) is 3.79. The lowest BCUT2D eigenvalue weighted by molar-refractivity contribution is 0.0600. The van der Waals surface area contributed by atoms with Crippen LogP contribution in [0.4, 0.5) is 5.69 Å². The fourth-order valence-electron chi connectivity index (χ4n) is 2.56. The second kappa shape index (κ2) is 6.37. The number of esters is 1. The van der Waals surface area contributed by atoms with E-state index in [1.54, 1.807) is 30.3 Å². The zero-order valence-corrected chi connectivity index (χ0v) is 13.9. The molecule has 3 rings (SSSR count). The number of carbonyl (C=O) groups is 2. The molecule has 0 aliphatic heterocycles. The van der Waals surface area contributed by atoms with Gasteiger partial charge in [-0.2, -0.15) is 0 Å². The predicted molar refractivity (Wildman–Crippen MR) is 93.8 cm³/mol. The van der Waals surface area contributed by atoms with Crippen LogP contribution in [0.1, 0.15) is 26.4 Å². The average Bonchev–Trinajstić information content (AvgIpc) is 2.91. The molecule has 0 aliphatic rings. The molecule has 0 aliphatic carbocycles. The molecule has 3 aromatic rings. The van der Waals surface area contributed by atoms with E-state index in [1.165, 1.54) is 7.11 Å². The van der Waals surface area contributed by atoms with E-state index in [4.69, 9.17) is 11.6 Å². The molecule has 0 unspecified atom stereocenters. The normalized spacial score (nSPS) is 10.6. The zero-order valence-electron chi connectivity index (χ0n) is 13.1. The Hall–Kier alpha value is -2.79. The Morgan fingerprint density at radius 1 is 1.17 bits per heavy atom. The molecule has 0 bridgehead atoms. The molecule has 0 radical (unpaired) electrons. The number of fused-ring (bicyclic) bond motifs is 1. The molecule has 122 valence electrons. The zero-order chi connectivity index (χ0) is 17.3. The van der Waals surface area contributed by atoms with Crippen molar-refractivity contribution >= 4 is 40.1 Å². The van der Waals surface area contributed by atoms with Crippen LogP contribution in [0.5, 0.6) is 0 Å². The number of methoxy groups -OCH3 is 1. The van der Waals surface area contributed by atoms with Crippen LogP contribution in [0, 0.1) is 6.92 Å². The van der Waals surface area contributed by atoms with Crippen LogP contribution in [-0.4, -0.2) is 24.0 Å². The van der Waals surface area contributed by atoms with Crippen LogP contribution < -0.4 is 5.32 Å². The summed E-state index contributed by atoms with van der Waals surface area (Å²) in [7, 11) is 1.31. The Kier molecular flexibility index (Phi) is 4.27. The fourth-order valence-corrected chi connectivity index (χ4v) is 2.73. The van der Waals surface area contributed by atoms with Crippen molar-refractivity contribution in [3.05, 3.63) is 64.3 Å². The summed E-state index contributed by atoms with van der Waals surface area (Å²) in [5, 5.41) is 4.30. The van der Waals surface area contributed by atoms with Crippen molar-refractivity contribution in [1.29, 1.82) is 0 Å². The standard InChI is InChI=1S/C18H15ClN2O3/c1-10-14-9-12(19)6-7-15(14)21-16(10)17(22)20-13-5-3-4-11(8-13)18(23)24-2/h3-9,21H,1-2H3,(H,20,22). The van der Waals surface area contributed by atoms with E-state index in [0.29, 0.717) is 22.0 Å². The van der Waals surface area contributed by atoms with Gasteiger partial charge >= 0.3 is 5.97 Å². The average molecular weight is 343 g/mol. The number of aromatic amines is 1. The van der Waals surface area contributed by atoms with E-state index < -0.39 is 5.97 Å². The Bertz CT molecular complexity index is 947. The Morgan fingerprint density at radius 3 is 2.71 bits per heavy atom. The molecule has 0 saturated carbocycles. The number of hydrogen-bond donors (Lipinski definition) is 2. The SMILES string of the molecule is COC(=O)c1cccc(NC(=O)c2[nH]c3ccc(Cl)cc3c2C)c1. The van der Waals surface area contributed by atoms with Crippen molar-refractivity contribution in [3.8, 4) is 0 Å². The van der Waals surface area contributed by atoms with Gasteiger partial charge in [0.1, 0.15) is 5.69 Å². The number of H-pyrrole nitrogens is 1. The monoisotopic (exact) mass is 342 g/mol. The number of halogens is 1. The summed E-state index contributed by atoms with van der Waals surface area (Å²) in [6.07, 6.45) is 0. The van der Waals surface area contributed by atoms with Crippen molar-refractivity contribution in [1.82, 2.24) is 4.98 Å². The lowest BCUT2D eigenvalue weighted by Gasteiger charge is -2.06. The quantitative estimate of drug-likeness (QED) is 0.702. The van der Waals surface area contributed by atoms with E-state index in [-0.39, 0.29) is 5.91 Å². The smallest absolute Gasteiger partial charge is 0.337 e. The first-order valence-corrected chi connectivity index (χ1v) is 7.65. The van der Waals surface area contributed by atoms with Gasteiger partial charge in [-0.25, -0.2) is 4.79 Å². The second-order valence-electron chi connectivity index (χ2n) is 5.34. The number of carbonyl (C=O) groups excluding carboxylic acids is 2. The molecule has 0 spiro atoms. The Balaban J connectivity index is 1.90. The summed E-state index contributed by atoms with van der Waals surface area (Å²) in [6, 6.07) is 12.0. The number of anilines is 1. The molecule has 5 nitrogen and oxygen atoms in total. The van der Waals surface area contributed by atoms with E-state index >= 15 is 0 Å².